The first-order valence-corrected chi connectivity index (χ1v) is 6.98. The Morgan fingerprint density at radius 3 is 2.57 bits per heavy atom. The molecule has 0 bridgehead atoms. The van der Waals surface area contributed by atoms with Gasteiger partial charge in [-0.1, -0.05) is 17.7 Å². The van der Waals surface area contributed by atoms with Crippen molar-refractivity contribution in [2.75, 3.05) is 5.32 Å². The van der Waals surface area contributed by atoms with Gasteiger partial charge in [-0.3, -0.25) is 0 Å². The van der Waals surface area contributed by atoms with Gasteiger partial charge in [0.25, 0.3) is 0 Å². The van der Waals surface area contributed by atoms with E-state index in [2.05, 4.69) is 10.3 Å². The van der Waals surface area contributed by atoms with Crippen molar-refractivity contribution >= 4 is 34.1 Å². The summed E-state index contributed by atoms with van der Waals surface area (Å²) in [6, 6.07) is 11.9. The topological polar surface area (TPSA) is 64.1 Å². The molecule has 0 amide bonds. The number of nitrogens with zero attached hydrogens (tertiary/aromatic N) is 1. The molecular weight excluding hydrogens is 282 g/mol. The van der Waals surface area contributed by atoms with Gasteiger partial charge in [0, 0.05) is 11.3 Å². The second kappa shape index (κ2) is 5.18. The van der Waals surface area contributed by atoms with Crippen molar-refractivity contribution in [2.45, 2.75) is 13.8 Å². The number of oxazole rings is 1. The van der Waals surface area contributed by atoms with Gasteiger partial charge in [-0.25, -0.2) is 4.98 Å². The van der Waals surface area contributed by atoms with E-state index in [9.17, 15) is 0 Å². The number of nitrogens with two attached hydrogens (primary N) is 1. The maximum Gasteiger partial charge on any atom is 0.227 e. The molecule has 0 saturated carbocycles. The van der Waals surface area contributed by atoms with E-state index < -0.39 is 0 Å². The lowest BCUT2D eigenvalue weighted by Crippen LogP contribution is -2.18. The molecule has 0 spiro atoms. The smallest absolute Gasteiger partial charge is 0.227 e. The number of hydrogen-bond donors (Lipinski definition) is 2. The number of thiocarbonyl (C=S) groups is 1. The summed E-state index contributed by atoms with van der Waals surface area (Å²) in [4.78, 5) is 4.55. The van der Waals surface area contributed by atoms with E-state index in [1.807, 2.05) is 50.2 Å². The van der Waals surface area contributed by atoms with Crippen LogP contribution in [0.1, 0.15) is 11.1 Å². The van der Waals surface area contributed by atoms with Crippen LogP contribution in [0.2, 0.25) is 0 Å². The highest BCUT2D eigenvalue weighted by Crippen LogP contribution is 2.29. The van der Waals surface area contributed by atoms with Crippen LogP contribution in [0.15, 0.2) is 40.8 Å². The minimum absolute atomic E-state index is 0.232. The Hall–Kier alpha value is -2.40. The fourth-order valence-electron chi connectivity index (χ4n) is 2.23. The third-order valence-electron chi connectivity index (χ3n) is 3.24. The van der Waals surface area contributed by atoms with Gasteiger partial charge in [0.2, 0.25) is 5.89 Å². The molecule has 0 saturated heterocycles. The highest BCUT2D eigenvalue weighted by molar-refractivity contribution is 7.80. The van der Waals surface area contributed by atoms with Crippen LogP contribution in [0.5, 0.6) is 0 Å². The number of aromatic nitrogens is 1. The average molecular weight is 297 g/mol. The fraction of sp³-hybridized carbons (Fsp3) is 0.125. The van der Waals surface area contributed by atoms with E-state index in [1.165, 1.54) is 5.56 Å². The SMILES string of the molecule is Cc1ccc(-c2nc3cc(NC(N)=S)cc(C)c3o2)cc1. The molecular formula is C16H15N3OS. The summed E-state index contributed by atoms with van der Waals surface area (Å²) in [7, 11) is 0. The van der Waals surface area contributed by atoms with Crippen LogP contribution in [-0.4, -0.2) is 10.1 Å². The van der Waals surface area contributed by atoms with Crippen LogP contribution in [0.25, 0.3) is 22.6 Å². The van der Waals surface area contributed by atoms with E-state index in [0.717, 1.165) is 27.9 Å². The first-order valence-electron chi connectivity index (χ1n) is 6.57. The monoisotopic (exact) mass is 297 g/mol. The molecule has 0 aliphatic rings. The van der Waals surface area contributed by atoms with Crippen LogP contribution in [-0.2, 0) is 0 Å². The minimum atomic E-state index is 0.232. The normalized spacial score (nSPS) is 10.8. The fourth-order valence-corrected chi connectivity index (χ4v) is 2.35. The second-order valence-corrected chi connectivity index (χ2v) is 5.46. The van der Waals surface area contributed by atoms with E-state index >= 15 is 0 Å². The van der Waals surface area contributed by atoms with E-state index in [4.69, 9.17) is 22.4 Å². The molecule has 106 valence electrons. The Balaban J connectivity index is 2.09. The highest BCUT2D eigenvalue weighted by Gasteiger charge is 2.11. The lowest BCUT2D eigenvalue weighted by molar-refractivity contribution is 0.617. The molecule has 4 nitrogen and oxygen atoms in total. The van der Waals surface area contributed by atoms with Gasteiger partial charge in [-0.05, 0) is 55.9 Å². The molecule has 0 radical (unpaired) electrons. The van der Waals surface area contributed by atoms with Crippen LogP contribution >= 0.6 is 12.2 Å². The number of rotatable bonds is 2. The van der Waals surface area contributed by atoms with Crippen molar-refractivity contribution in [3.63, 3.8) is 0 Å². The van der Waals surface area contributed by atoms with Crippen molar-refractivity contribution in [2.24, 2.45) is 5.73 Å². The summed E-state index contributed by atoms with van der Waals surface area (Å²) in [6.07, 6.45) is 0. The van der Waals surface area contributed by atoms with Crippen LogP contribution in [0.4, 0.5) is 5.69 Å². The van der Waals surface area contributed by atoms with Gasteiger partial charge in [0.05, 0.1) is 0 Å². The number of fused-ring (bicyclic) bond motifs is 1. The van der Waals surface area contributed by atoms with Gasteiger partial charge >= 0.3 is 0 Å². The Bertz CT molecular complexity index is 821. The Labute approximate surface area is 128 Å². The summed E-state index contributed by atoms with van der Waals surface area (Å²) in [6.45, 7) is 4.02. The number of anilines is 1. The van der Waals surface area contributed by atoms with Crippen LogP contribution in [0.3, 0.4) is 0 Å². The Morgan fingerprint density at radius 2 is 1.90 bits per heavy atom. The molecule has 0 aliphatic heterocycles. The van der Waals surface area contributed by atoms with Crippen molar-refractivity contribution in [1.82, 2.24) is 4.98 Å². The maximum absolute atomic E-state index is 5.88. The standard InChI is InChI=1S/C16H15N3OS/c1-9-3-5-11(6-4-9)15-19-13-8-12(18-16(17)21)7-10(2)14(13)20-15/h3-8H,1-2H3,(H3,17,18,21). The first kappa shape index (κ1) is 13.6. The van der Waals surface area contributed by atoms with E-state index in [0.29, 0.717) is 5.89 Å². The molecule has 0 fully saturated rings. The third-order valence-corrected chi connectivity index (χ3v) is 3.34. The van der Waals surface area contributed by atoms with E-state index in [-0.39, 0.29) is 5.11 Å². The lowest BCUT2D eigenvalue weighted by atomic mass is 10.1. The van der Waals surface area contributed by atoms with Gasteiger partial charge < -0.3 is 15.5 Å². The largest absolute Gasteiger partial charge is 0.436 e. The maximum atomic E-state index is 5.88. The van der Waals surface area contributed by atoms with Crippen molar-refractivity contribution in [3.05, 3.63) is 47.5 Å². The quantitative estimate of drug-likeness (QED) is 0.705. The summed E-state index contributed by atoms with van der Waals surface area (Å²) in [5.74, 6) is 0.612. The van der Waals surface area contributed by atoms with Gasteiger partial charge in [-0.15, -0.1) is 0 Å². The predicted molar refractivity (Wildman–Crippen MR) is 89.3 cm³/mol. The van der Waals surface area contributed by atoms with Gasteiger partial charge in [-0.2, -0.15) is 0 Å². The highest BCUT2D eigenvalue weighted by atomic mass is 32.1. The zero-order valence-corrected chi connectivity index (χ0v) is 12.6. The Kier molecular flexibility index (Phi) is 3.35. The molecule has 3 aromatic rings. The average Bonchev–Trinajstić information content (AvgIpc) is 2.83. The molecule has 3 N–H and O–H groups in total. The minimum Gasteiger partial charge on any atom is -0.436 e. The van der Waals surface area contributed by atoms with Gasteiger partial charge in [0.1, 0.15) is 5.52 Å². The summed E-state index contributed by atoms with van der Waals surface area (Å²) < 4.78 is 5.88. The lowest BCUT2D eigenvalue weighted by Gasteiger charge is -2.04. The van der Waals surface area contributed by atoms with Crippen molar-refractivity contribution < 1.29 is 4.42 Å². The van der Waals surface area contributed by atoms with Crippen LogP contribution < -0.4 is 11.1 Å². The third kappa shape index (κ3) is 2.73. The van der Waals surface area contributed by atoms with Crippen LogP contribution in [0, 0.1) is 13.8 Å². The van der Waals surface area contributed by atoms with Crippen molar-refractivity contribution in [1.29, 1.82) is 0 Å². The molecule has 2 aromatic carbocycles. The molecule has 1 aromatic heterocycles. The number of nitrogens with one attached hydrogen (secondary N) is 1. The summed E-state index contributed by atoms with van der Waals surface area (Å²) in [5.41, 5.74) is 11.0. The predicted octanol–water partition coefficient (Wildman–Crippen LogP) is 3.77. The molecule has 5 heteroatoms. The van der Waals surface area contributed by atoms with Crippen molar-refractivity contribution in [3.8, 4) is 11.5 Å². The zero-order valence-electron chi connectivity index (χ0n) is 11.8. The first-order chi connectivity index (χ1) is 10.0. The van der Waals surface area contributed by atoms with E-state index in [1.54, 1.807) is 0 Å². The number of benzene rings is 2. The molecule has 0 unspecified atom stereocenters. The number of hydrogen-bond acceptors (Lipinski definition) is 3. The molecule has 0 aliphatic carbocycles. The Morgan fingerprint density at radius 1 is 1.19 bits per heavy atom. The molecule has 1 heterocycles. The zero-order chi connectivity index (χ0) is 15.0. The molecule has 21 heavy (non-hydrogen) atoms. The molecule has 3 rings (SSSR count). The number of aryl methyl sites for hydroxylation is 2. The second-order valence-electron chi connectivity index (χ2n) is 5.02. The summed E-state index contributed by atoms with van der Waals surface area (Å²) >= 11 is 4.86. The summed E-state index contributed by atoms with van der Waals surface area (Å²) in [5, 5.41) is 3.15. The molecule has 0 atom stereocenters. The van der Waals surface area contributed by atoms with Gasteiger partial charge in [0.15, 0.2) is 10.7 Å².